The topological polar surface area (TPSA) is 70.4 Å². The number of piperidine rings is 1. The van der Waals surface area contributed by atoms with Gasteiger partial charge < -0.3 is 20.1 Å². The molecule has 2 heterocycles. The fraction of sp³-hybridized carbons (Fsp3) is 0.870. The lowest BCUT2D eigenvalue weighted by molar-refractivity contribution is 0.105. The molecule has 176 valence electrons. The molecule has 1 aromatic rings. The molecule has 3 aliphatic rings. The number of aliphatic imine (C=N–C) groups is 1. The maximum atomic E-state index is 4.90. The van der Waals surface area contributed by atoms with Gasteiger partial charge in [-0.2, -0.15) is 0 Å². The Kier molecular flexibility index (Phi) is 9.43. The number of rotatable bonds is 5. The van der Waals surface area contributed by atoms with Crippen molar-refractivity contribution in [3.63, 3.8) is 0 Å². The summed E-state index contributed by atoms with van der Waals surface area (Å²) >= 11 is 0. The standard InChI is InChI=1S/C23H41N7.HI/c1-17-12-14-30(15-13-17)21-10-8-20(9-11-21)26-23(25-19-6-4-5-7-19)24-16-22-28-27-18(2)29(22)3;/h17,19-21H,4-16H2,1-3H3,(H2,24,25,26);1H. The molecular weight excluding hydrogens is 501 g/mol. The predicted molar refractivity (Wildman–Crippen MR) is 137 cm³/mol. The molecule has 4 rings (SSSR count). The Morgan fingerprint density at radius 2 is 1.55 bits per heavy atom. The van der Waals surface area contributed by atoms with Crippen molar-refractivity contribution < 1.29 is 0 Å². The van der Waals surface area contributed by atoms with E-state index < -0.39 is 0 Å². The zero-order valence-corrected chi connectivity index (χ0v) is 22.0. The number of halogens is 1. The van der Waals surface area contributed by atoms with Crippen molar-refractivity contribution in [3.05, 3.63) is 11.6 Å². The zero-order valence-electron chi connectivity index (χ0n) is 19.6. The number of hydrogen-bond acceptors (Lipinski definition) is 4. The third-order valence-corrected chi connectivity index (χ3v) is 7.63. The van der Waals surface area contributed by atoms with Gasteiger partial charge in [0.1, 0.15) is 12.4 Å². The molecule has 2 aliphatic carbocycles. The minimum atomic E-state index is 0. The Morgan fingerprint density at radius 3 is 2.13 bits per heavy atom. The molecule has 1 saturated heterocycles. The van der Waals surface area contributed by atoms with Gasteiger partial charge >= 0.3 is 0 Å². The van der Waals surface area contributed by atoms with Crippen LogP contribution in [0.4, 0.5) is 0 Å². The lowest BCUT2D eigenvalue weighted by Crippen LogP contribution is -2.50. The first-order valence-corrected chi connectivity index (χ1v) is 12.2. The monoisotopic (exact) mass is 543 g/mol. The Balaban J connectivity index is 0.00000272. The second-order valence-corrected chi connectivity index (χ2v) is 9.88. The van der Waals surface area contributed by atoms with E-state index in [0.717, 1.165) is 29.6 Å². The van der Waals surface area contributed by atoms with Gasteiger partial charge in [-0.3, -0.25) is 0 Å². The van der Waals surface area contributed by atoms with Crippen LogP contribution in [0.1, 0.15) is 82.8 Å². The van der Waals surface area contributed by atoms with Crippen molar-refractivity contribution in [2.75, 3.05) is 13.1 Å². The van der Waals surface area contributed by atoms with Crippen LogP contribution in [0.25, 0.3) is 0 Å². The van der Waals surface area contributed by atoms with Gasteiger partial charge in [-0.05, 0) is 77.3 Å². The quantitative estimate of drug-likeness (QED) is 0.336. The van der Waals surface area contributed by atoms with E-state index in [-0.39, 0.29) is 24.0 Å². The molecule has 0 amide bonds. The highest BCUT2D eigenvalue weighted by Gasteiger charge is 2.28. The third-order valence-electron chi connectivity index (χ3n) is 7.63. The molecule has 3 fully saturated rings. The molecular formula is C23H42IN7. The van der Waals surface area contributed by atoms with E-state index in [4.69, 9.17) is 4.99 Å². The summed E-state index contributed by atoms with van der Waals surface area (Å²) in [5.74, 6) is 3.74. The van der Waals surface area contributed by atoms with Crippen molar-refractivity contribution in [1.82, 2.24) is 30.3 Å². The minimum absolute atomic E-state index is 0. The normalized spacial score (nSPS) is 26.6. The summed E-state index contributed by atoms with van der Waals surface area (Å²) < 4.78 is 2.03. The summed E-state index contributed by atoms with van der Waals surface area (Å²) in [5, 5.41) is 15.9. The van der Waals surface area contributed by atoms with E-state index in [2.05, 4.69) is 32.7 Å². The zero-order chi connectivity index (χ0) is 20.9. The molecule has 0 bridgehead atoms. The third kappa shape index (κ3) is 6.79. The summed E-state index contributed by atoms with van der Waals surface area (Å²) in [7, 11) is 2.01. The molecule has 1 aromatic heterocycles. The lowest BCUT2D eigenvalue weighted by atomic mass is 9.88. The van der Waals surface area contributed by atoms with Crippen LogP contribution < -0.4 is 10.6 Å². The van der Waals surface area contributed by atoms with Crippen LogP contribution in [0.2, 0.25) is 0 Å². The van der Waals surface area contributed by atoms with Gasteiger partial charge in [0.25, 0.3) is 0 Å². The van der Waals surface area contributed by atoms with E-state index in [1.54, 1.807) is 0 Å². The SMILES string of the molecule is Cc1nnc(CN=C(NC2CCCC2)NC2CCC(N3CCC(C)CC3)CC2)n1C.I. The number of aryl methyl sites for hydroxylation is 1. The maximum Gasteiger partial charge on any atom is 0.192 e. The summed E-state index contributed by atoms with van der Waals surface area (Å²) in [6.45, 7) is 7.56. The fourth-order valence-electron chi connectivity index (χ4n) is 5.31. The van der Waals surface area contributed by atoms with Crippen LogP contribution in [0.15, 0.2) is 4.99 Å². The molecule has 0 radical (unpaired) electrons. The average Bonchev–Trinajstić information content (AvgIpc) is 3.38. The van der Waals surface area contributed by atoms with Crippen molar-refractivity contribution in [1.29, 1.82) is 0 Å². The second kappa shape index (κ2) is 11.8. The highest BCUT2D eigenvalue weighted by molar-refractivity contribution is 14.0. The van der Waals surface area contributed by atoms with Gasteiger partial charge in [-0.25, -0.2) is 4.99 Å². The smallest absolute Gasteiger partial charge is 0.192 e. The number of hydrogen-bond donors (Lipinski definition) is 2. The van der Waals surface area contributed by atoms with E-state index in [9.17, 15) is 0 Å². The van der Waals surface area contributed by atoms with Gasteiger partial charge in [0.2, 0.25) is 0 Å². The van der Waals surface area contributed by atoms with Crippen LogP contribution in [-0.4, -0.2) is 56.8 Å². The number of guanidine groups is 1. The summed E-state index contributed by atoms with van der Waals surface area (Å²) in [6, 6.07) is 1.88. The number of nitrogens with one attached hydrogen (secondary N) is 2. The molecule has 8 heteroatoms. The van der Waals surface area contributed by atoms with Crippen LogP contribution in [0.3, 0.4) is 0 Å². The Labute approximate surface area is 205 Å². The Morgan fingerprint density at radius 1 is 0.935 bits per heavy atom. The molecule has 1 aliphatic heterocycles. The second-order valence-electron chi connectivity index (χ2n) is 9.88. The van der Waals surface area contributed by atoms with E-state index in [1.807, 2.05) is 18.5 Å². The van der Waals surface area contributed by atoms with E-state index >= 15 is 0 Å². The highest BCUT2D eigenvalue weighted by atomic mass is 127. The predicted octanol–water partition coefficient (Wildman–Crippen LogP) is 3.76. The molecule has 31 heavy (non-hydrogen) atoms. The van der Waals surface area contributed by atoms with Crippen LogP contribution in [0.5, 0.6) is 0 Å². The van der Waals surface area contributed by atoms with Gasteiger partial charge in [0.15, 0.2) is 11.8 Å². The Bertz CT molecular complexity index is 697. The first kappa shape index (κ1) is 24.7. The Hall–Kier alpha value is -0.900. The summed E-state index contributed by atoms with van der Waals surface area (Å²) in [6.07, 6.45) is 13.0. The van der Waals surface area contributed by atoms with Crippen LogP contribution >= 0.6 is 24.0 Å². The molecule has 0 spiro atoms. The first-order chi connectivity index (χ1) is 14.6. The molecule has 2 saturated carbocycles. The fourth-order valence-corrected chi connectivity index (χ4v) is 5.31. The molecule has 7 nitrogen and oxygen atoms in total. The summed E-state index contributed by atoms with van der Waals surface area (Å²) in [5.41, 5.74) is 0. The van der Waals surface area contributed by atoms with Crippen molar-refractivity contribution in [2.24, 2.45) is 18.0 Å². The lowest BCUT2D eigenvalue weighted by Gasteiger charge is -2.40. The number of nitrogens with zero attached hydrogens (tertiary/aromatic N) is 5. The van der Waals surface area contributed by atoms with Gasteiger partial charge in [-0.1, -0.05) is 19.8 Å². The van der Waals surface area contributed by atoms with Crippen LogP contribution in [-0.2, 0) is 13.6 Å². The van der Waals surface area contributed by atoms with Crippen molar-refractivity contribution in [2.45, 2.75) is 103 Å². The largest absolute Gasteiger partial charge is 0.354 e. The van der Waals surface area contributed by atoms with Gasteiger partial charge in [0, 0.05) is 25.2 Å². The van der Waals surface area contributed by atoms with Gasteiger partial charge in [0.05, 0.1) is 0 Å². The van der Waals surface area contributed by atoms with E-state index in [0.29, 0.717) is 18.6 Å². The highest BCUT2D eigenvalue weighted by Crippen LogP contribution is 2.27. The van der Waals surface area contributed by atoms with Crippen molar-refractivity contribution >= 4 is 29.9 Å². The summed E-state index contributed by atoms with van der Waals surface area (Å²) in [4.78, 5) is 7.67. The minimum Gasteiger partial charge on any atom is -0.354 e. The first-order valence-electron chi connectivity index (χ1n) is 12.2. The van der Waals surface area contributed by atoms with Crippen molar-refractivity contribution in [3.8, 4) is 0 Å². The van der Waals surface area contributed by atoms with E-state index in [1.165, 1.54) is 77.3 Å². The average molecular weight is 544 g/mol. The number of likely N-dealkylation sites (tertiary alicyclic amines) is 1. The number of aromatic nitrogens is 3. The maximum absolute atomic E-state index is 4.90. The van der Waals surface area contributed by atoms with Gasteiger partial charge in [-0.15, -0.1) is 34.2 Å². The molecule has 0 unspecified atom stereocenters. The molecule has 2 N–H and O–H groups in total. The molecule has 0 aromatic carbocycles. The molecule has 0 atom stereocenters. The van der Waals surface area contributed by atoms with Crippen LogP contribution in [0, 0.1) is 12.8 Å².